The summed E-state index contributed by atoms with van der Waals surface area (Å²) < 4.78 is 8.30. The Bertz CT molecular complexity index is 1270. The molecule has 4 rings (SSSR count). The molecule has 0 atom stereocenters. The molecule has 4 aromatic rings. The summed E-state index contributed by atoms with van der Waals surface area (Å²) >= 11 is 1.72. The monoisotopic (exact) mass is 494 g/mol. The summed E-state index contributed by atoms with van der Waals surface area (Å²) in [4.78, 5) is 25.0. The van der Waals surface area contributed by atoms with Crippen LogP contribution in [0.5, 0.6) is 0 Å². The van der Waals surface area contributed by atoms with Gasteiger partial charge in [0.25, 0.3) is 23.5 Å². The molecule has 0 saturated heterocycles. The smallest absolute Gasteiger partial charge is 0.262 e. The lowest BCUT2D eigenvalue weighted by atomic mass is 10.3. The quantitative estimate of drug-likeness (QED) is 0.259. The number of thioether (sulfide) groups is 1. The van der Waals surface area contributed by atoms with Gasteiger partial charge < -0.3 is 10.6 Å². The Labute approximate surface area is 209 Å². The Morgan fingerprint density at radius 3 is 1.57 bits per heavy atom. The maximum atomic E-state index is 12.5. The molecule has 0 radical (unpaired) electrons. The molecule has 0 fully saturated rings. The second-order valence-electron chi connectivity index (χ2n) is 8.67. The van der Waals surface area contributed by atoms with Crippen LogP contribution in [0.15, 0.2) is 48.5 Å². The highest BCUT2D eigenvalue weighted by Crippen LogP contribution is 2.14. The van der Waals surface area contributed by atoms with Crippen LogP contribution < -0.4 is 19.8 Å². The SMILES string of the molecule is Cc1n(CC(=O)NCCSCCNC(=O)Cn2c(C)[n+](C)c3ccccc32)c2ccccc2[n+]1C. The lowest BCUT2D eigenvalue weighted by molar-refractivity contribution is -0.652. The molecule has 35 heavy (non-hydrogen) atoms. The van der Waals surface area contributed by atoms with Crippen LogP contribution in [0.2, 0.25) is 0 Å². The maximum absolute atomic E-state index is 12.5. The van der Waals surface area contributed by atoms with E-state index in [1.807, 2.05) is 73.5 Å². The predicted molar refractivity (Wildman–Crippen MR) is 139 cm³/mol. The van der Waals surface area contributed by atoms with E-state index in [9.17, 15) is 9.59 Å². The summed E-state index contributed by atoms with van der Waals surface area (Å²) in [6, 6.07) is 16.2. The Morgan fingerprint density at radius 2 is 1.14 bits per heavy atom. The Morgan fingerprint density at radius 1 is 0.743 bits per heavy atom. The fourth-order valence-corrected chi connectivity index (χ4v) is 5.13. The molecule has 0 aliphatic carbocycles. The van der Waals surface area contributed by atoms with Gasteiger partial charge in [-0.3, -0.25) is 9.59 Å². The van der Waals surface area contributed by atoms with E-state index < -0.39 is 0 Å². The summed E-state index contributed by atoms with van der Waals surface area (Å²) in [5.41, 5.74) is 4.35. The molecule has 184 valence electrons. The summed E-state index contributed by atoms with van der Waals surface area (Å²) in [5.74, 6) is 3.71. The lowest BCUT2D eigenvalue weighted by Crippen LogP contribution is -2.34. The molecule has 2 N–H and O–H groups in total. The molecule has 9 heteroatoms. The third kappa shape index (κ3) is 5.35. The first-order chi connectivity index (χ1) is 16.9. The van der Waals surface area contributed by atoms with Crippen LogP contribution >= 0.6 is 11.8 Å². The van der Waals surface area contributed by atoms with Gasteiger partial charge in [0.1, 0.15) is 0 Å². The third-order valence-corrected chi connectivity index (χ3v) is 7.55. The van der Waals surface area contributed by atoms with Gasteiger partial charge in [-0.15, -0.1) is 0 Å². The van der Waals surface area contributed by atoms with Crippen LogP contribution in [0.25, 0.3) is 22.1 Å². The number of fused-ring (bicyclic) bond motifs is 2. The normalized spacial score (nSPS) is 11.3. The van der Waals surface area contributed by atoms with E-state index in [0.717, 1.165) is 45.2 Å². The van der Waals surface area contributed by atoms with Crippen molar-refractivity contribution in [2.24, 2.45) is 14.1 Å². The van der Waals surface area contributed by atoms with E-state index >= 15 is 0 Å². The van der Waals surface area contributed by atoms with E-state index in [1.165, 1.54) is 0 Å². The number of benzene rings is 2. The van der Waals surface area contributed by atoms with E-state index in [1.54, 1.807) is 11.8 Å². The van der Waals surface area contributed by atoms with Crippen molar-refractivity contribution in [1.29, 1.82) is 0 Å². The topological polar surface area (TPSA) is 75.8 Å². The second-order valence-corrected chi connectivity index (χ2v) is 9.90. The number of rotatable bonds is 10. The van der Waals surface area contributed by atoms with Gasteiger partial charge in [-0.25, -0.2) is 18.3 Å². The average molecular weight is 495 g/mol. The van der Waals surface area contributed by atoms with Gasteiger partial charge >= 0.3 is 0 Å². The molecule has 2 aromatic carbocycles. The zero-order chi connectivity index (χ0) is 24.9. The number of nitrogens with one attached hydrogen (secondary N) is 2. The summed E-state index contributed by atoms with van der Waals surface area (Å²) in [6.45, 7) is 5.87. The molecule has 0 bridgehead atoms. The number of para-hydroxylation sites is 4. The van der Waals surface area contributed by atoms with Gasteiger partial charge in [0.15, 0.2) is 35.2 Å². The van der Waals surface area contributed by atoms with Crippen LogP contribution in [0.1, 0.15) is 11.6 Å². The highest BCUT2D eigenvalue weighted by atomic mass is 32.2. The average Bonchev–Trinajstić information content (AvgIpc) is 3.24. The van der Waals surface area contributed by atoms with Crippen LogP contribution in [0, 0.1) is 13.8 Å². The van der Waals surface area contributed by atoms with Crippen molar-refractivity contribution in [2.45, 2.75) is 26.9 Å². The van der Waals surface area contributed by atoms with Gasteiger partial charge in [0, 0.05) is 38.4 Å². The first-order valence-corrected chi connectivity index (χ1v) is 13.0. The first-order valence-electron chi connectivity index (χ1n) is 11.9. The number of aryl methyl sites for hydroxylation is 2. The zero-order valence-corrected chi connectivity index (χ0v) is 21.7. The predicted octanol–water partition coefficient (Wildman–Crippen LogP) is 1.53. The fraction of sp³-hybridized carbons (Fsp3) is 0.385. The number of carbonyl (C=O) groups excluding carboxylic acids is 2. The maximum Gasteiger partial charge on any atom is 0.262 e. The van der Waals surface area contributed by atoms with E-state index in [-0.39, 0.29) is 11.8 Å². The molecular formula is C26H34N6O2S+2. The summed E-state index contributed by atoms with van der Waals surface area (Å²) in [7, 11) is 4.03. The zero-order valence-electron chi connectivity index (χ0n) is 20.9. The highest BCUT2D eigenvalue weighted by molar-refractivity contribution is 7.99. The van der Waals surface area contributed by atoms with Crippen molar-refractivity contribution in [3.8, 4) is 0 Å². The number of imidazole rings is 2. The van der Waals surface area contributed by atoms with Gasteiger partial charge in [0.05, 0.1) is 14.1 Å². The van der Waals surface area contributed by atoms with Gasteiger partial charge in [0.2, 0.25) is 0 Å². The van der Waals surface area contributed by atoms with Gasteiger partial charge in [-0.2, -0.15) is 11.8 Å². The minimum absolute atomic E-state index is 0.00541. The van der Waals surface area contributed by atoms with Crippen LogP contribution in [-0.2, 0) is 36.8 Å². The standard InChI is InChI=1S/C26H32N6O2S/c1-19-29(3)21-9-5-7-11-23(21)31(19)17-25(33)27-13-15-35-16-14-28-26(34)18-32-20(2)30(4)22-10-6-8-12-24(22)32/h5-12H,13-18H2,1-4H3/p+2. The van der Waals surface area contributed by atoms with Crippen molar-refractivity contribution in [3.63, 3.8) is 0 Å². The molecule has 2 amide bonds. The van der Waals surface area contributed by atoms with E-state index in [0.29, 0.717) is 26.2 Å². The Balaban J connectivity index is 1.15. The number of amides is 2. The van der Waals surface area contributed by atoms with Crippen molar-refractivity contribution in [2.75, 3.05) is 24.6 Å². The van der Waals surface area contributed by atoms with Crippen LogP contribution in [0.4, 0.5) is 0 Å². The first kappa shape index (κ1) is 24.8. The summed E-state index contributed by atoms with van der Waals surface area (Å²) in [5, 5.41) is 6.01. The summed E-state index contributed by atoms with van der Waals surface area (Å²) in [6.07, 6.45) is 0. The molecule has 0 spiro atoms. The van der Waals surface area contributed by atoms with Crippen molar-refractivity contribution in [1.82, 2.24) is 19.8 Å². The number of hydrogen-bond acceptors (Lipinski definition) is 3. The minimum Gasteiger partial charge on any atom is -0.352 e. The molecular weight excluding hydrogens is 460 g/mol. The molecule has 0 unspecified atom stereocenters. The molecule has 0 aliphatic heterocycles. The Hall–Kier alpha value is -3.33. The minimum atomic E-state index is 0.00541. The number of aromatic nitrogens is 4. The van der Waals surface area contributed by atoms with Crippen LogP contribution in [0.3, 0.4) is 0 Å². The lowest BCUT2D eigenvalue weighted by Gasteiger charge is -2.06. The molecule has 0 saturated carbocycles. The third-order valence-electron chi connectivity index (χ3n) is 6.56. The largest absolute Gasteiger partial charge is 0.352 e. The fourth-order valence-electron chi connectivity index (χ4n) is 4.44. The number of carbonyl (C=O) groups is 2. The van der Waals surface area contributed by atoms with Crippen molar-refractivity contribution < 1.29 is 18.7 Å². The molecule has 0 aliphatic rings. The second kappa shape index (κ2) is 10.9. The van der Waals surface area contributed by atoms with E-state index in [2.05, 4.69) is 31.9 Å². The van der Waals surface area contributed by atoms with Gasteiger partial charge in [-0.1, -0.05) is 24.3 Å². The van der Waals surface area contributed by atoms with Gasteiger partial charge in [-0.05, 0) is 24.3 Å². The van der Waals surface area contributed by atoms with Crippen LogP contribution in [-0.4, -0.2) is 45.5 Å². The molecule has 2 aromatic heterocycles. The molecule has 2 heterocycles. The Kier molecular flexibility index (Phi) is 7.75. The molecule has 8 nitrogen and oxygen atoms in total. The van der Waals surface area contributed by atoms with E-state index in [4.69, 9.17) is 0 Å². The highest BCUT2D eigenvalue weighted by Gasteiger charge is 2.21. The number of hydrogen-bond donors (Lipinski definition) is 2. The van der Waals surface area contributed by atoms with Crippen molar-refractivity contribution >= 4 is 45.6 Å². The number of nitrogens with zero attached hydrogens (tertiary/aromatic N) is 4. The van der Waals surface area contributed by atoms with Crippen molar-refractivity contribution in [3.05, 3.63) is 60.2 Å².